The summed E-state index contributed by atoms with van der Waals surface area (Å²) in [4.78, 5) is 25.5. The lowest BCUT2D eigenvalue weighted by molar-refractivity contribution is -0.130. The Hall–Kier alpha value is -2.32. The normalized spacial score (nSPS) is 26.2. The van der Waals surface area contributed by atoms with Crippen molar-refractivity contribution in [2.75, 3.05) is 34.3 Å². The van der Waals surface area contributed by atoms with Crippen molar-refractivity contribution in [3.05, 3.63) is 30.4 Å². The van der Waals surface area contributed by atoms with Gasteiger partial charge in [-0.15, -0.1) is 0 Å². The molecule has 8 heteroatoms. The molecule has 2 fully saturated rings. The van der Waals surface area contributed by atoms with Gasteiger partial charge in [-0.3, -0.25) is 9.78 Å². The van der Waals surface area contributed by atoms with Crippen LogP contribution in [0.1, 0.15) is 31.6 Å². The number of likely N-dealkylation sites (tertiary alicyclic amines) is 1. The summed E-state index contributed by atoms with van der Waals surface area (Å²) in [5, 5.41) is 4.02. The van der Waals surface area contributed by atoms with Crippen LogP contribution in [0.3, 0.4) is 0 Å². The molecule has 0 N–H and O–H groups in total. The van der Waals surface area contributed by atoms with Gasteiger partial charge in [0.2, 0.25) is 17.6 Å². The maximum atomic E-state index is 12.8. The van der Waals surface area contributed by atoms with Crippen molar-refractivity contribution in [2.45, 2.75) is 44.2 Å². The van der Waals surface area contributed by atoms with E-state index in [4.69, 9.17) is 9.26 Å². The van der Waals surface area contributed by atoms with Gasteiger partial charge in [0.15, 0.2) is 0 Å². The highest BCUT2D eigenvalue weighted by Gasteiger charge is 2.44. The zero-order valence-corrected chi connectivity index (χ0v) is 18.0. The van der Waals surface area contributed by atoms with Crippen molar-refractivity contribution in [1.82, 2.24) is 24.9 Å². The number of carbonyl (C=O) groups is 1. The highest BCUT2D eigenvalue weighted by molar-refractivity contribution is 5.76. The van der Waals surface area contributed by atoms with Gasteiger partial charge >= 0.3 is 0 Å². The number of methoxy groups -OCH3 is 1. The van der Waals surface area contributed by atoms with Gasteiger partial charge in [0.05, 0.1) is 6.10 Å². The fourth-order valence-corrected chi connectivity index (χ4v) is 4.91. The molecule has 1 aliphatic carbocycles. The van der Waals surface area contributed by atoms with E-state index in [0.29, 0.717) is 48.9 Å². The third-order valence-electron chi connectivity index (χ3n) is 6.59. The first-order chi connectivity index (χ1) is 14.5. The molecule has 1 amide bonds. The van der Waals surface area contributed by atoms with Gasteiger partial charge in [-0.25, -0.2) is 0 Å². The Bertz CT molecular complexity index is 840. The molecule has 2 aliphatic rings. The van der Waals surface area contributed by atoms with E-state index in [0.717, 1.165) is 31.5 Å². The van der Waals surface area contributed by atoms with Crippen LogP contribution in [-0.4, -0.2) is 77.3 Å². The third-order valence-corrected chi connectivity index (χ3v) is 6.59. The maximum absolute atomic E-state index is 12.8. The Labute approximate surface area is 177 Å². The Morgan fingerprint density at radius 1 is 1.23 bits per heavy atom. The van der Waals surface area contributed by atoms with Crippen molar-refractivity contribution < 1.29 is 14.1 Å². The summed E-state index contributed by atoms with van der Waals surface area (Å²) >= 11 is 0. The summed E-state index contributed by atoms with van der Waals surface area (Å²) in [5.74, 6) is 2.49. The Morgan fingerprint density at radius 2 is 1.97 bits per heavy atom. The molecule has 1 saturated heterocycles. The Morgan fingerprint density at radius 3 is 2.67 bits per heavy atom. The fourth-order valence-electron chi connectivity index (χ4n) is 4.91. The maximum Gasteiger partial charge on any atom is 0.226 e. The molecule has 8 nitrogen and oxygen atoms in total. The predicted octanol–water partition coefficient (Wildman–Crippen LogP) is 2.27. The van der Waals surface area contributed by atoms with Crippen LogP contribution in [-0.2, 0) is 16.0 Å². The predicted molar refractivity (Wildman–Crippen MR) is 112 cm³/mol. The van der Waals surface area contributed by atoms with Crippen LogP contribution in [0, 0.1) is 11.8 Å². The summed E-state index contributed by atoms with van der Waals surface area (Å²) < 4.78 is 11.1. The molecule has 4 atom stereocenters. The van der Waals surface area contributed by atoms with Gasteiger partial charge in [-0.2, -0.15) is 4.98 Å². The monoisotopic (exact) mass is 413 g/mol. The smallest absolute Gasteiger partial charge is 0.226 e. The van der Waals surface area contributed by atoms with E-state index < -0.39 is 0 Å². The lowest BCUT2D eigenvalue weighted by Gasteiger charge is -2.40. The molecule has 1 saturated carbocycles. The molecule has 0 aromatic carbocycles. The third kappa shape index (κ3) is 4.54. The summed E-state index contributed by atoms with van der Waals surface area (Å²) in [6.07, 6.45) is 7.62. The molecule has 3 heterocycles. The SMILES string of the molecule is CO[C@@H]1C[C@H]2CN(C(=O)CCCc3nc(-c4ccncc4)no3)C[C@H]2C[C@H]1N(C)C. The Kier molecular flexibility index (Phi) is 6.43. The number of aromatic nitrogens is 3. The number of pyridine rings is 1. The average Bonchev–Trinajstić information content (AvgIpc) is 3.40. The molecule has 2 aromatic heterocycles. The van der Waals surface area contributed by atoms with Gasteiger partial charge in [-0.1, -0.05) is 5.16 Å². The minimum Gasteiger partial charge on any atom is -0.380 e. The molecule has 0 spiro atoms. The lowest BCUT2D eigenvalue weighted by Crippen LogP contribution is -2.47. The number of ether oxygens (including phenoxy) is 1. The van der Waals surface area contributed by atoms with Crippen molar-refractivity contribution in [3.8, 4) is 11.4 Å². The first-order valence-corrected chi connectivity index (χ1v) is 10.7. The second kappa shape index (κ2) is 9.22. The van der Waals surface area contributed by atoms with Crippen LogP contribution in [0.5, 0.6) is 0 Å². The first kappa shape index (κ1) is 20.9. The number of aryl methyl sites for hydroxylation is 1. The highest BCUT2D eigenvalue weighted by atomic mass is 16.5. The van der Waals surface area contributed by atoms with Gasteiger partial charge in [0.1, 0.15) is 0 Å². The number of fused-ring (bicyclic) bond motifs is 1. The number of rotatable bonds is 7. The van der Waals surface area contributed by atoms with E-state index in [1.54, 1.807) is 19.5 Å². The van der Waals surface area contributed by atoms with E-state index in [-0.39, 0.29) is 12.0 Å². The quantitative estimate of drug-likeness (QED) is 0.688. The van der Waals surface area contributed by atoms with Crippen LogP contribution in [0.15, 0.2) is 29.0 Å². The number of hydrogen-bond donors (Lipinski definition) is 0. The van der Waals surface area contributed by atoms with Crippen molar-refractivity contribution >= 4 is 5.91 Å². The second-order valence-electron chi connectivity index (χ2n) is 8.70. The Balaban J connectivity index is 1.26. The second-order valence-corrected chi connectivity index (χ2v) is 8.70. The molecule has 0 bridgehead atoms. The van der Waals surface area contributed by atoms with Crippen molar-refractivity contribution in [2.24, 2.45) is 11.8 Å². The van der Waals surface area contributed by atoms with Crippen molar-refractivity contribution in [1.29, 1.82) is 0 Å². The minimum atomic E-state index is 0.230. The van der Waals surface area contributed by atoms with Gasteiger partial charge in [0.25, 0.3) is 0 Å². The molecule has 2 aromatic rings. The summed E-state index contributed by atoms with van der Waals surface area (Å²) in [6, 6.07) is 4.12. The number of hydrogen-bond acceptors (Lipinski definition) is 7. The number of amides is 1. The summed E-state index contributed by atoms with van der Waals surface area (Å²) in [6.45, 7) is 1.73. The summed E-state index contributed by atoms with van der Waals surface area (Å²) in [5.41, 5.74) is 0.876. The molecule has 0 unspecified atom stereocenters. The van der Waals surface area contributed by atoms with Crippen LogP contribution in [0.25, 0.3) is 11.4 Å². The number of carbonyl (C=O) groups excluding carboxylic acids is 1. The molecule has 4 rings (SSSR count). The lowest BCUT2D eigenvalue weighted by atomic mass is 9.77. The molecular weight excluding hydrogens is 382 g/mol. The number of likely N-dealkylation sites (N-methyl/N-ethyl adjacent to an activating group) is 1. The molecular formula is C22H31N5O3. The van der Waals surface area contributed by atoms with Gasteiger partial charge in [0, 0.05) is 57.0 Å². The van der Waals surface area contributed by atoms with Crippen LogP contribution >= 0.6 is 0 Å². The van der Waals surface area contributed by atoms with Crippen LogP contribution < -0.4 is 0 Å². The zero-order chi connectivity index (χ0) is 21.1. The standard InChI is InChI=1S/C22H31N5O3/c1-26(2)18-11-16-13-27(14-17(16)12-19(18)29-3)21(28)6-4-5-20-24-22(25-30-20)15-7-9-23-10-8-15/h7-10,16-19H,4-6,11-14H2,1-3H3/t16-,17+,18-,19-/m1/s1. The molecule has 1 aliphatic heterocycles. The fraction of sp³-hybridized carbons (Fsp3) is 0.636. The highest BCUT2D eigenvalue weighted by Crippen LogP contribution is 2.39. The zero-order valence-electron chi connectivity index (χ0n) is 18.0. The van der Waals surface area contributed by atoms with Gasteiger partial charge < -0.3 is 19.1 Å². The topological polar surface area (TPSA) is 84.6 Å². The van der Waals surface area contributed by atoms with E-state index in [1.807, 2.05) is 12.1 Å². The molecule has 30 heavy (non-hydrogen) atoms. The van der Waals surface area contributed by atoms with E-state index >= 15 is 0 Å². The molecule has 162 valence electrons. The van der Waals surface area contributed by atoms with Crippen molar-refractivity contribution in [3.63, 3.8) is 0 Å². The van der Waals surface area contributed by atoms with E-state index in [1.165, 1.54) is 0 Å². The van der Waals surface area contributed by atoms with E-state index in [9.17, 15) is 4.79 Å². The number of nitrogens with zero attached hydrogens (tertiary/aromatic N) is 5. The van der Waals surface area contributed by atoms with Crippen LogP contribution in [0.2, 0.25) is 0 Å². The molecule has 0 radical (unpaired) electrons. The van der Waals surface area contributed by atoms with Crippen LogP contribution in [0.4, 0.5) is 0 Å². The van der Waals surface area contributed by atoms with E-state index in [2.05, 4.69) is 39.0 Å². The largest absolute Gasteiger partial charge is 0.380 e. The minimum absolute atomic E-state index is 0.230. The average molecular weight is 414 g/mol. The summed E-state index contributed by atoms with van der Waals surface area (Å²) in [7, 11) is 6.04. The first-order valence-electron chi connectivity index (χ1n) is 10.7. The van der Waals surface area contributed by atoms with Gasteiger partial charge in [-0.05, 0) is 57.3 Å².